The fourth-order valence-corrected chi connectivity index (χ4v) is 0.965. The molecule has 0 amide bonds. The Kier molecular flexibility index (Phi) is 2.99. The Morgan fingerprint density at radius 1 is 1.71 bits per heavy atom. The third-order valence-corrected chi connectivity index (χ3v) is 3.14. The molecule has 0 bridgehead atoms. The molecule has 0 aliphatic carbocycles. The summed E-state index contributed by atoms with van der Waals surface area (Å²) in [7, 11) is -3.16. The second-order valence-electron chi connectivity index (χ2n) is 0.902. The maximum absolute atomic E-state index is 10.1. The van der Waals surface area contributed by atoms with E-state index >= 15 is 0 Å². The Bertz CT molecular complexity index is 116. The molecule has 0 unspecified atom stereocenters. The van der Waals surface area contributed by atoms with E-state index in [1.807, 2.05) is 0 Å². The molecular formula is C2H5IrO3S. The second kappa shape index (κ2) is 2.77. The van der Waals surface area contributed by atoms with Gasteiger partial charge in [0.25, 0.3) is 0 Å². The molecule has 3 nitrogen and oxygen atoms in total. The molecule has 0 saturated carbocycles. The molecule has 0 aromatic rings. The van der Waals surface area contributed by atoms with Gasteiger partial charge in [-0.25, -0.2) is 0 Å². The fraction of sp³-hybridized carbons (Fsp3) is 1.00. The zero-order valence-electron chi connectivity index (χ0n) is 3.67. The van der Waals surface area contributed by atoms with Crippen LogP contribution in [0.15, 0.2) is 0 Å². The number of rotatable bonds is 2. The first kappa shape index (κ1) is 7.56. The van der Waals surface area contributed by atoms with E-state index in [9.17, 15) is 8.42 Å². The van der Waals surface area contributed by atoms with Crippen LogP contribution in [0.3, 0.4) is 0 Å². The van der Waals surface area contributed by atoms with Crippen molar-refractivity contribution in [1.82, 2.24) is 0 Å². The molecular weight excluding hydrogens is 296 g/mol. The summed E-state index contributed by atoms with van der Waals surface area (Å²) in [5.74, 6) is 0.0451. The molecule has 0 aliphatic heterocycles. The molecule has 5 heteroatoms. The molecule has 0 rings (SSSR count). The van der Waals surface area contributed by atoms with Crippen molar-refractivity contribution >= 4 is 10.1 Å². The monoisotopic (exact) mass is 302 g/mol. The van der Waals surface area contributed by atoms with E-state index in [1.54, 1.807) is 0 Å². The molecule has 7 heavy (non-hydrogen) atoms. The van der Waals surface area contributed by atoms with Crippen molar-refractivity contribution in [2.75, 3.05) is 5.75 Å². The van der Waals surface area contributed by atoms with Gasteiger partial charge in [-0.15, -0.1) is 0 Å². The molecule has 0 aromatic carbocycles. The molecule has 0 aromatic heterocycles. The van der Waals surface area contributed by atoms with Gasteiger partial charge in [-0.2, -0.15) is 0 Å². The third kappa shape index (κ3) is 3.17. The van der Waals surface area contributed by atoms with Gasteiger partial charge in [0, 0.05) is 0 Å². The van der Waals surface area contributed by atoms with Gasteiger partial charge < -0.3 is 0 Å². The molecule has 0 heterocycles. The van der Waals surface area contributed by atoms with Crippen LogP contribution in [0.2, 0.25) is 0 Å². The van der Waals surface area contributed by atoms with E-state index in [0.717, 1.165) is 19.3 Å². The van der Waals surface area contributed by atoms with Crippen LogP contribution in [0.1, 0.15) is 6.92 Å². The van der Waals surface area contributed by atoms with Crippen LogP contribution in [-0.4, -0.2) is 14.2 Å². The van der Waals surface area contributed by atoms with E-state index in [0.29, 0.717) is 0 Å². The SMILES string of the molecule is CCS(=O)(=O)[O][Ir]. The van der Waals surface area contributed by atoms with Crippen LogP contribution in [-0.2, 0) is 32.3 Å². The van der Waals surface area contributed by atoms with E-state index in [4.69, 9.17) is 0 Å². The zero-order chi connectivity index (χ0) is 5.91. The molecule has 0 atom stereocenters. The van der Waals surface area contributed by atoms with Gasteiger partial charge in [0.1, 0.15) is 0 Å². The van der Waals surface area contributed by atoms with Crippen molar-refractivity contribution in [2.24, 2.45) is 0 Å². The summed E-state index contributed by atoms with van der Waals surface area (Å²) >= 11 is 1.15. The molecule has 0 fully saturated rings. The minimum absolute atomic E-state index is 0.0451. The number of hydrogen-bond acceptors (Lipinski definition) is 3. The van der Waals surface area contributed by atoms with E-state index in [-0.39, 0.29) is 5.75 Å². The van der Waals surface area contributed by atoms with Crippen molar-refractivity contribution in [3.63, 3.8) is 0 Å². The van der Waals surface area contributed by atoms with Crippen LogP contribution in [0.25, 0.3) is 0 Å². The van der Waals surface area contributed by atoms with Gasteiger partial charge in [0.05, 0.1) is 0 Å². The summed E-state index contributed by atoms with van der Waals surface area (Å²) in [4.78, 5) is 0. The summed E-state index contributed by atoms with van der Waals surface area (Å²) in [6.45, 7) is 1.53. The topological polar surface area (TPSA) is 43.4 Å². The zero-order valence-corrected chi connectivity index (χ0v) is 6.89. The van der Waals surface area contributed by atoms with Crippen LogP contribution in [0.4, 0.5) is 0 Å². The summed E-state index contributed by atoms with van der Waals surface area (Å²) in [5.41, 5.74) is 0. The van der Waals surface area contributed by atoms with E-state index < -0.39 is 10.1 Å². The maximum atomic E-state index is 10.1. The van der Waals surface area contributed by atoms with Crippen LogP contribution >= 0.6 is 0 Å². The second-order valence-corrected chi connectivity index (χ2v) is 3.90. The average Bonchev–Trinajstić information content (AvgIpc) is 1.68. The summed E-state index contributed by atoms with van der Waals surface area (Å²) < 4.78 is 24.4. The first-order chi connectivity index (χ1) is 3.12. The van der Waals surface area contributed by atoms with Crippen LogP contribution in [0.5, 0.6) is 0 Å². The Labute approximate surface area is 53.8 Å². The Morgan fingerprint density at radius 3 is 2.14 bits per heavy atom. The Hall–Kier alpha value is 0.559. The molecule has 0 saturated heterocycles. The summed E-state index contributed by atoms with van der Waals surface area (Å²) in [5, 5.41) is 0. The van der Waals surface area contributed by atoms with Crippen LogP contribution in [0, 0.1) is 0 Å². The van der Waals surface area contributed by atoms with E-state index in [2.05, 4.69) is 2.94 Å². The fourth-order valence-electron chi connectivity index (χ4n) is 0.0393. The van der Waals surface area contributed by atoms with Gasteiger partial charge in [-0.05, 0) is 0 Å². The first-order valence-corrected chi connectivity index (χ1v) is 4.19. The Morgan fingerprint density at radius 2 is 2.14 bits per heavy atom. The third-order valence-electron chi connectivity index (χ3n) is 0.438. The summed E-state index contributed by atoms with van der Waals surface area (Å²) in [6, 6.07) is 0. The van der Waals surface area contributed by atoms with Gasteiger partial charge in [-0.3, -0.25) is 0 Å². The predicted molar refractivity (Wildman–Crippen MR) is 20.5 cm³/mol. The van der Waals surface area contributed by atoms with Crippen molar-refractivity contribution in [3.05, 3.63) is 0 Å². The van der Waals surface area contributed by atoms with Crippen LogP contribution < -0.4 is 0 Å². The quantitative estimate of drug-likeness (QED) is 0.710. The normalized spacial score (nSPS) is 11.9. The van der Waals surface area contributed by atoms with Gasteiger partial charge >= 0.3 is 53.4 Å². The van der Waals surface area contributed by atoms with Gasteiger partial charge in [0.2, 0.25) is 0 Å². The predicted octanol–water partition coefficient (Wildman–Crippen LogP) is -0.185. The molecule has 46 valence electrons. The van der Waals surface area contributed by atoms with Crippen molar-refractivity contribution < 1.29 is 30.6 Å². The summed E-state index contributed by atoms with van der Waals surface area (Å²) in [6.07, 6.45) is 0. The first-order valence-electron chi connectivity index (χ1n) is 1.63. The molecule has 0 aliphatic rings. The molecule has 0 spiro atoms. The molecule has 0 radical (unpaired) electrons. The Balaban J connectivity index is 3.89. The average molecular weight is 301 g/mol. The van der Waals surface area contributed by atoms with Gasteiger partial charge in [0.15, 0.2) is 0 Å². The van der Waals surface area contributed by atoms with Gasteiger partial charge in [-0.1, -0.05) is 0 Å². The standard InChI is InChI=1S/C2H6O3S.Ir/c1-2-6(3,4)5;/h2H2,1H3,(H,3,4,5);/q;+1/p-1. The number of hydrogen-bond donors (Lipinski definition) is 0. The molecule has 0 N–H and O–H groups in total. The van der Waals surface area contributed by atoms with Crippen molar-refractivity contribution in [3.8, 4) is 0 Å². The van der Waals surface area contributed by atoms with E-state index in [1.165, 1.54) is 6.92 Å². The van der Waals surface area contributed by atoms with Crippen molar-refractivity contribution in [1.29, 1.82) is 0 Å². The van der Waals surface area contributed by atoms with Crippen molar-refractivity contribution in [2.45, 2.75) is 6.92 Å². The minimum atomic E-state index is -3.16.